The van der Waals surface area contributed by atoms with Crippen LogP contribution in [0.2, 0.25) is 0 Å². The van der Waals surface area contributed by atoms with Crippen molar-refractivity contribution in [3.8, 4) is 5.75 Å². The Hall–Kier alpha value is -2.83. The molecule has 1 aromatic carbocycles. The lowest BCUT2D eigenvalue weighted by molar-refractivity contribution is -0.0116. The molecule has 0 saturated heterocycles. The van der Waals surface area contributed by atoms with Crippen LogP contribution in [0.4, 0.5) is 4.79 Å². The Morgan fingerprint density at radius 2 is 1.86 bits per heavy atom. The van der Waals surface area contributed by atoms with Crippen LogP contribution in [0.3, 0.4) is 0 Å². The minimum atomic E-state index is -0.856. The number of benzene rings is 1. The van der Waals surface area contributed by atoms with Gasteiger partial charge in [-0.1, -0.05) is 81.5 Å². The fourth-order valence-electron chi connectivity index (χ4n) is 4.35. The van der Waals surface area contributed by atoms with Crippen LogP contribution in [-0.2, 0) is 11.2 Å². The number of hydrogen-bond acceptors (Lipinski definition) is 5. The summed E-state index contributed by atoms with van der Waals surface area (Å²) in [4.78, 5) is 11.3. The number of aryl methyl sites for hydroxylation is 1. The number of ether oxygens (including phenoxy) is 1. The van der Waals surface area contributed by atoms with Crippen molar-refractivity contribution in [3.05, 3.63) is 78.4 Å². The molecule has 6 nitrogen and oxygen atoms in total. The fourth-order valence-corrected chi connectivity index (χ4v) is 4.35. The molecular formula is C30H45NO5. The highest BCUT2D eigenvalue weighted by atomic mass is 16.6. The number of hydrogen-bond donors (Lipinski definition) is 4. The van der Waals surface area contributed by atoms with Gasteiger partial charge in [0.2, 0.25) is 0 Å². The van der Waals surface area contributed by atoms with E-state index >= 15 is 0 Å². The number of carbonyl (C=O) groups excluding carboxylic acids is 1. The maximum absolute atomic E-state index is 11.3. The molecule has 0 aliphatic heterocycles. The zero-order chi connectivity index (χ0) is 27.1. The molecule has 0 aliphatic rings. The molecule has 6 heteroatoms. The van der Waals surface area contributed by atoms with E-state index in [2.05, 4.69) is 18.7 Å². The van der Waals surface area contributed by atoms with Crippen LogP contribution in [0.25, 0.3) is 0 Å². The highest BCUT2D eigenvalue weighted by Crippen LogP contribution is 2.26. The minimum absolute atomic E-state index is 0.0301. The lowest BCUT2D eigenvalue weighted by Gasteiger charge is -2.30. The summed E-state index contributed by atoms with van der Waals surface area (Å²) in [5.41, 5.74) is 7.40. The number of allylic oxidation sites excluding steroid dienone is 4. The molecule has 0 radical (unpaired) electrons. The van der Waals surface area contributed by atoms with Crippen molar-refractivity contribution in [2.24, 2.45) is 23.5 Å². The predicted molar refractivity (Wildman–Crippen MR) is 146 cm³/mol. The molecule has 0 heterocycles. The van der Waals surface area contributed by atoms with Crippen LogP contribution in [0.15, 0.2) is 72.9 Å². The number of rotatable bonds is 16. The number of aromatic hydroxyl groups is 1. The Balaban J connectivity index is 2.56. The predicted octanol–water partition coefficient (Wildman–Crippen LogP) is 5.83. The van der Waals surface area contributed by atoms with Gasteiger partial charge < -0.3 is 25.8 Å². The molecule has 1 amide bonds. The van der Waals surface area contributed by atoms with Crippen molar-refractivity contribution < 1.29 is 24.9 Å². The van der Waals surface area contributed by atoms with Gasteiger partial charge >= 0.3 is 6.09 Å². The van der Waals surface area contributed by atoms with Gasteiger partial charge in [-0.25, -0.2) is 4.79 Å². The van der Waals surface area contributed by atoms with Gasteiger partial charge in [-0.15, -0.1) is 0 Å². The van der Waals surface area contributed by atoms with Crippen LogP contribution in [-0.4, -0.2) is 39.7 Å². The van der Waals surface area contributed by atoms with Gasteiger partial charge in [0.15, 0.2) is 0 Å². The first-order valence-corrected chi connectivity index (χ1v) is 12.7. The van der Waals surface area contributed by atoms with Gasteiger partial charge in [-0.3, -0.25) is 0 Å². The first-order valence-electron chi connectivity index (χ1n) is 12.7. The summed E-state index contributed by atoms with van der Waals surface area (Å²) in [5, 5.41) is 31.0. The first-order chi connectivity index (χ1) is 17.0. The molecule has 6 atom stereocenters. The second-order valence-corrected chi connectivity index (χ2v) is 9.76. The molecule has 1 aromatic rings. The summed E-state index contributed by atoms with van der Waals surface area (Å²) >= 11 is 0. The fraction of sp³-hybridized carbons (Fsp3) is 0.500. The number of nitrogens with two attached hydrogens (primary N) is 1. The summed E-state index contributed by atoms with van der Waals surface area (Å²) in [6.45, 7) is 11.4. The summed E-state index contributed by atoms with van der Waals surface area (Å²) in [6.07, 6.45) is 12.1. The zero-order valence-electron chi connectivity index (χ0n) is 22.2. The SMILES string of the molecule is C=C/C=C\CC(OC(N)=O)C(C)C(O)C(C)C/C(C)=C\C(C)C(O)C/C=C\CCc1cccc(O)c1. The maximum Gasteiger partial charge on any atom is 0.404 e. The van der Waals surface area contributed by atoms with Crippen molar-refractivity contribution in [2.75, 3.05) is 0 Å². The monoisotopic (exact) mass is 499 g/mol. The molecular weight excluding hydrogens is 454 g/mol. The number of aliphatic hydroxyl groups is 2. The molecule has 200 valence electrons. The molecule has 6 unspecified atom stereocenters. The summed E-state index contributed by atoms with van der Waals surface area (Å²) in [5.74, 6) is -0.126. The Morgan fingerprint density at radius 3 is 2.50 bits per heavy atom. The quantitative estimate of drug-likeness (QED) is 0.169. The smallest absolute Gasteiger partial charge is 0.404 e. The maximum atomic E-state index is 11.3. The summed E-state index contributed by atoms with van der Waals surface area (Å²) < 4.78 is 5.24. The highest BCUT2D eigenvalue weighted by molar-refractivity contribution is 5.64. The third-order valence-electron chi connectivity index (χ3n) is 6.47. The van der Waals surface area contributed by atoms with E-state index < -0.39 is 24.4 Å². The number of aliphatic hydroxyl groups excluding tert-OH is 2. The summed E-state index contributed by atoms with van der Waals surface area (Å²) in [7, 11) is 0. The molecule has 5 N–H and O–H groups in total. The largest absolute Gasteiger partial charge is 0.508 e. The van der Waals surface area contributed by atoms with E-state index in [1.807, 2.05) is 52.0 Å². The standard InChI is InChI=1S/C30H45NO5/c1-6-7-9-17-28(36-30(31)35)24(5)29(34)23(4)19-21(2)18-22(3)27(33)16-11-8-10-13-25-14-12-15-26(32)20-25/h6-9,11-12,14-15,18,20,22-24,27-29,32-34H,1,10,13,16-17,19H2,2-5H3,(H2,31,35)/b9-7-,11-8-,21-18-. The van der Waals surface area contributed by atoms with Gasteiger partial charge in [0, 0.05) is 18.3 Å². The third-order valence-corrected chi connectivity index (χ3v) is 6.47. The Bertz CT molecular complexity index is 891. The molecule has 0 aromatic heterocycles. The lowest BCUT2D eigenvalue weighted by Crippen LogP contribution is -2.37. The Kier molecular flexibility index (Phi) is 14.5. The Morgan fingerprint density at radius 1 is 1.14 bits per heavy atom. The van der Waals surface area contributed by atoms with E-state index in [-0.39, 0.29) is 23.5 Å². The highest BCUT2D eigenvalue weighted by Gasteiger charge is 2.30. The molecule has 1 rings (SSSR count). The van der Waals surface area contributed by atoms with Crippen molar-refractivity contribution >= 4 is 6.09 Å². The van der Waals surface area contributed by atoms with Crippen LogP contribution in [0.1, 0.15) is 58.9 Å². The Labute approximate surface area is 216 Å². The molecule has 0 spiro atoms. The lowest BCUT2D eigenvalue weighted by atomic mass is 9.84. The number of phenolic OH excluding ortho intramolecular Hbond substituents is 1. The van der Waals surface area contributed by atoms with E-state index in [4.69, 9.17) is 10.5 Å². The van der Waals surface area contributed by atoms with Gasteiger partial charge in [-0.2, -0.15) is 0 Å². The van der Waals surface area contributed by atoms with Gasteiger partial charge in [0.1, 0.15) is 11.9 Å². The summed E-state index contributed by atoms with van der Waals surface area (Å²) in [6, 6.07) is 7.25. The van der Waals surface area contributed by atoms with Crippen LogP contribution in [0.5, 0.6) is 5.75 Å². The van der Waals surface area contributed by atoms with Crippen LogP contribution >= 0.6 is 0 Å². The second-order valence-electron chi connectivity index (χ2n) is 9.76. The number of amides is 1. The van der Waals surface area contributed by atoms with E-state index in [0.29, 0.717) is 19.3 Å². The van der Waals surface area contributed by atoms with Crippen molar-refractivity contribution in [1.29, 1.82) is 0 Å². The average molecular weight is 500 g/mol. The van der Waals surface area contributed by atoms with Crippen molar-refractivity contribution in [3.63, 3.8) is 0 Å². The average Bonchev–Trinajstić information content (AvgIpc) is 2.81. The van der Waals surface area contributed by atoms with Crippen LogP contribution in [0, 0.1) is 17.8 Å². The van der Waals surface area contributed by atoms with E-state index in [1.54, 1.807) is 24.3 Å². The van der Waals surface area contributed by atoms with E-state index in [0.717, 1.165) is 24.0 Å². The number of primary amides is 1. The molecule has 36 heavy (non-hydrogen) atoms. The molecule has 0 fully saturated rings. The normalized spacial score (nSPS) is 17.4. The molecule has 0 bridgehead atoms. The number of phenols is 1. The zero-order valence-corrected chi connectivity index (χ0v) is 22.2. The third kappa shape index (κ3) is 12.2. The first kappa shape index (κ1) is 31.2. The van der Waals surface area contributed by atoms with Gasteiger partial charge in [0.25, 0.3) is 0 Å². The second kappa shape index (κ2) is 16.8. The molecule has 0 aliphatic carbocycles. The number of carbonyl (C=O) groups is 1. The van der Waals surface area contributed by atoms with E-state index in [9.17, 15) is 20.1 Å². The van der Waals surface area contributed by atoms with E-state index in [1.165, 1.54) is 0 Å². The topological polar surface area (TPSA) is 113 Å². The molecule has 0 saturated carbocycles. The van der Waals surface area contributed by atoms with Crippen molar-refractivity contribution in [1.82, 2.24) is 0 Å². The van der Waals surface area contributed by atoms with Crippen molar-refractivity contribution in [2.45, 2.75) is 78.1 Å². The minimum Gasteiger partial charge on any atom is -0.508 e. The van der Waals surface area contributed by atoms with Gasteiger partial charge in [-0.05, 0) is 56.2 Å². The van der Waals surface area contributed by atoms with Gasteiger partial charge in [0.05, 0.1) is 12.2 Å². The van der Waals surface area contributed by atoms with Crippen LogP contribution < -0.4 is 5.73 Å².